The fraction of sp³-hybridized carbons (Fsp3) is 0.680. The van der Waals surface area contributed by atoms with Crippen molar-refractivity contribution < 1.29 is 9.59 Å². The molecular formula is C25H41N3O2. The molecule has 0 N–H and O–H groups in total. The van der Waals surface area contributed by atoms with Crippen LogP contribution in [0.25, 0.3) is 0 Å². The third kappa shape index (κ3) is 6.83. The van der Waals surface area contributed by atoms with Gasteiger partial charge in [-0.25, -0.2) is 0 Å². The van der Waals surface area contributed by atoms with E-state index in [1.54, 1.807) is 6.92 Å². The quantitative estimate of drug-likeness (QED) is 0.684. The summed E-state index contributed by atoms with van der Waals surface area (Å²) in [6, 6.07) is 5.92. The Bertz CT molecular complexity index is 698. The summed E-state index contributed by atoms with van der Waals surface area (Å²) in [7, 11) is 0. The normalized spacial score (nSPS) is 16.5. The third-order valence-electron chi connectivity index (χ3n) is 5.92. The van der Waals surface area contributed by atoms with E-state index in [9.17, 15) is 9.59 Å². The van der Waals surface area contributed by atoms with Crippen LogP contribution in [0.2, 0.25) is 0 Å². The van der Waals surface area contributed by atoms with E-state index in [2.05, 4.69) is 18.7 Å². The Hall–Kier alpha value is -1.88. The van der Waals surface area contributed by atoms with Gasteiger partial charge >= 0.3 is 0 Å². The fourth-order valence-corrected chi connectivity index (χ4v) is 4.38. The molecule has 30 heavy (non-hydrogen) atoms. The van der Waals surface area contributed by atoms with Crippen molar-refractivity contribution in [1.82, 2.24) is 9.80 Å². The van der Waals surface area contributed by atoms with E-state index in [0.29, 0.717) is 19.0 Å². The van der Waals surface area contributed by atoms with Gasteiger partial charge < -0.3 is 9.80 Å². The van der Waals surface area contributed by atoms with Crippen LogP contribution >= 0.6 is 0 Å². The lowest BCUT2D eigenvalue weighted by Crippen LogP contribution is -2.34. The summed E-state index contributed by atoms with van der Waals surface area (Å²) in [5.41, 5.74) is 2.77. The first-order valence-corrected chi connectivity index (χ1v) is 11.8. The van der Waals surface area contributed by atoms with Crippen LogP contribution < -0.4 is 4.90 Å². The second-order valence-corrected chi connectivity index (χ2v) is 8.89. The molecule has 5 heteroatoms. The van der Waals surface area contributed by atoms with Gasteiger partial charge in [0.25, 0.3) is 5.91 Å². The van der Waals surface area contributed by atoms with Gasteiger partial charge in [-0.05, 0) is 62.9 Å². The number of rotatable bonds is 5. The van der Waals surface area contributed by atoms with Crippen LogP contribution in [-0.4, -0.2) is 54.3 Å². The predicted octanol–water partition coefficient (Wildman–Crippen LogP) is 4.94. The first kappa shape index (κ1) is 24.4. The van der Waals surface area contributed by atoms with Crippen molar-refractivity contribution in [3.63, 3.8) is 0 Å². The Kier molecular flexibility index (Phi) is 9.83. The lowest BCUT2D eigenvalue weighted by molar-refractivity contribution is -0.116. The molecule has 2 amide bonds. The van der Waals surface area contributed by atoms with E-state index in [1.807, 2.05) is 41.8 Å². The first-order chi connectivity index (χ1) is 14.4. The molecule has 0 unspecified atom stereocenters. The number of hydrogen-bond donors (Lipinski definition) is 0. The summed E-state index contributed by atoms with van der Waals surface area (Å²) in [5, 5.41) is 0. The van der Waals surface area contributed by atoms with E-state index in [-0.39, 0.29) is 11.8 Å². The molecule has 1 aromatic carbocycles. The minimum absolute atomic E-state index is 0.0682. The van der Waals surface area contributed by atoms with Gasteiger partial charge in [0.05, 0.1) is 0 Å². The topological polar surface area (TPSA) is 43.9 Å². The van der Waals surface area contributed by atoms with Gasteiger partial charge in [0.1, 0.15) is 0 Å². The molecule has 0 aliphatic carbocycles. The maximum Gasteiger partial charge on any atom is 0.253 e. The maximum absolute atomic E-state index is 13.0. The maximum atomic E-state index is 13.0. The van der Waals surface area contributed by atoms with Crippen LogP contribution in [-0.2, 0) is 11.3 Å². The summed E-state index contributed by atoms with van der Waals surface area (Å²) in [6.07, 6.45) is 5.85. The molecular weight excluding hydrogens is 374 g/mol. The van der Waals surface area contributed by atoms with Crippen molar-refractivity contribution in [2.75, 3.05) is 37.6 Å². The number of anilines is 1. The van der Waals surface area contributed by atoms with Crippen molar-refractivity contribution in [2.24, 2.45) is 5.92 Å². The molecule has 1 aromatic rings. The SMILES string of the molecule is CCN(CC)C(=O)c1ccc2c(c1)CN(CC(C)C)CCCCCCCN2C(C)=O. The molecule has 0 spiro atoms. The molecule has 0 radical (unpaired) electrons. The standard InChI is InChI=1S/C25H41N3O2/c1-6-27(7-2)25(30)22-13-14-24-23(17-22)19-26(18-20(3)4)15-11-9-8-10-12-16-28(24)21(5)29/h13-14,17,20H,6-12,15-16,18-19H2,1-5H3. The Morgan fingerprint density at radius 3 is 2.23 bits per heavy atom. The van der Waals surface area contributed by atoms with E-state index in [1.165, 1.54) is 19.3 Å². The third-order valence-corrected chi connectivity index (χ3v) is 5.92. The summed E-state index contributed by atoms with van der Waals surface area (Å²) in [6.45, 7) is 15.2. The van der Waals surface area contributed by atoms with Crippen LogP contribution in [0.15, 0.2) is 18.2 Å². The van der Waals surface area contributed by atoms with E-state index in [0.717, 1.165) is 55.8 Å². The van der Waals surface area contributed by atoms with E-state index < -0.39 is 0 Å². The zero-order valence-electron chi connectivity index (χ0n) is 19.7. The smallest absolute Gasteiger partial charge is 0.253 e. The van der Waals surface area contributed by atoms with Crippen molar-refractivity contribution in [2.45, 2.75) is 73.3 Å². The molecule has 168 valence electrons. The van der Waals surface area contributed by atoms with Gasteiger partial charge in [0, 0.05) is 50.9 Å². The molecule has 0 aromatic heterocycles. The summed E-state index contributed by atoms with van der Waals surface area (Å²) < 4.78 is 0. The Balaban J connectivity index is 2.47. The lowest BCUT2D eigenvalue weighted by atomic mass is 10.0. The zero-order chi connectivity index (χ0) is 22.1. The minimum atomic E-state index is 0.0682. The highest BCUT2D eigenvalue weighted by Crippen LogP contribution is 2.27. The van der Waals surface area contributed by atoms with Gasteiger partial charge in [-0.3, -0.25) is 14.5 Å². The lowest BCUT2D eigenvalue weighted by Gasteiger charge is -2.30. The average Bonchev–Trinajstić information content (AvgIpc) is 2.69. The summed E-state index contributed by atoms with van der Waals surface area (Å²) >= 11 is 0. The Morgan fingerprint density at radius 2 is 1.63 bits per heavy atom. The number of carbonyl (C=O) groups excluding carboxylic acids is 2. The van der Waals surface area contributed by atoms with Crippen molar-refractivity contribution >= 4 is 17.5 Å². The van der Waals surface area contributed by atoms with Crippen LogP contribution in [0.1, 0.15) is 82.6 Å². The van der Waals surface area contributed by atoms with Gasteiger partial charge in [-0.15, -0.1) is 0 Å². The molecule has 0 atom stereocenters. The highest BCUT2D eigenvalue weighted by molar-refractivity contribution is 5.97. The minimum Gasteiger partial charge on any atom is -0.339 e. The van der Waals surface area contributed by atoms with Crippen LogP contribution in [0.4, 0.5) is 5.69 Å². The van der Waals surface area contributed by atoms with Crippen LogP contribution in [0.3, 0.4) is 0 Å². The number of hydrogen-bond acceptors (Lipinski definition) is 3. The predicted molar refractivity (Wildman–Crippen MR) is 125 cm³/mol. The fourth-order valence-electron chi connectivity index (χ4n) is 4.38. The van der Waals surface area contributed by atoms with Crippen molar-refractivity contribution in [1.29, 1.82) is 0 Å². The second-order valence-electron chi connectivity index (χ2n) is 8.89. The van der Waals surface area contributed by atoms with Gasteiger partial charge in [0.2, 0.25) is 5.91 Å². The second kappa shape index (κ2) is 12.1. The molecule has 5 nitrogen and oxygen atoms in total. The highest BCUT2D eigenvalue weighted by Gasteiger charge is 2.21. The molecule has 0 saturated heterocycles. The Labute approximate surface area is 183 Å². The number of nitrogens with zero attached hydrogens (tertiary/aromatic N) is 3. The van der Waals surface area contributed by atoms with Gasteiger partial charge in [-0.2, -0.15) is 0 Å². The number of carbonyl (C=O) groups is 2. The molecule has 1 aliphatic rings. The Morgan fingerprint density at radius 1 is 1.00 bits per heavy atom. The molecule has 0 fully saturated rings. The molecule has 0 bridgehead atoms. The average molecular weight is 416 g/mol. The van der Waals surface area contributed by atoms with Crippen molar-refractivity contribution in [3.05, 3.63) is 29.3 Å². The van der Waals surface area contributed by atoms with Gasteiger partial charge in [0.15, 0.2) is 0 Å². The van der Waals surface area contributed by atoms with E-state index in [4.69, 9.17) is 0 Å². The van der Waals surface area contributed by atoms with E-state index >= 15 is 0 Å². The number of fused-ring (bicyclic) bond motifs is 1. The molecule has 1 aliphatic heterocycles. The molecule has 1 heterocycles. The molecule has 2 rings (SSSR count). The van der Waals surface area contributed by atoms with Crippen LogP contribution in [0, 0.1) is 5.92 Å². The number of benzene rings is 1. The van der Waals surface area contributed by atoms with Crippen molar-refractivity contribution in [3.8, 4) is 0 Å². The van der Waals surface area contributed by atoms with Gasteiger partial charge in [-0.1, -0.05) is 33.1 Å². The first-order valence-electron chi connectivity index (χ1n) is 11.8. The summed E-state index contributed by atoms with van der Waals surface area (Å²) in [4.78, 5) is 31.7. The zero-order valence-corrected chi connectivity index (χ0v) is 19.7. The summed E-state index contributed by atoms with van der Waals surface area (Å²) in [5.74, 6) is 0.719. The largest absolute Gasteiger partial charge is 0.339 e. The molecule has 0 saturated carbocycles. The highest BCUT2D eigenvalue weighted by atomic mass is 16.2. The van der Waals surface area contributed by atoms with Crippen LogP contribution in [0.5, 0.6) is 0 Å². The monoisotopic (exact) mass is 415 g/mol. The number of amides is 2.